The third kappa shape index (κ3) is 5.03. The fourth-order valence-corrected chi connectivity index (χ4v) is 4.93. The first-order valence-corrected chi connectivity index (χ1v) is 12.2. The molecular weight excluding hydrogens is 536 g/mol. The molecule has 1 aliphatic carbocycles. The van der Waals surface area contributed by atoms with Gasteiger partial charge in [0.1, 0.15) is 17.1 Å². The van der Waals surface area contributed by atoms with Gasteiger partial charge in [0.15, 0.2) is 11.5 Å². The number of halogens is 4. The van der Waals surface area contributed by atoms with Gasteiger partial charge >= 0.3 is 12.1 Å². The lowest BCUT2D eigenvalue weighted by atomic mass is 9.98. The summed E-state index contributed by atoms with van der Waals surface area (Å²) < 4.78 is 54.3. The molecule has 0 fully saturated rings. The molecule has 1 aliphatic heterocycles. The Morgan fingerprint density at radius 2 is 1.95 bits per heavy atom. The number of hydrogen-bond donors (Lipinski definition) is 3. The van der Waals surface area contributed by atoms with E-state index in [2.05, 4.69) is 25.7 Å². The lowest BCUT2D eigenvalue weighted by Crippen LogP contribution is -2.32. The number of amides is 2. The molecule has 0 saturated heterocycles. The largest absolute Gasteiger partial charge is 0.478 e. The van der Waals surface area contributed by atoms with Gasteiger partial charge in [-0.1, -0.05) is 6.07 Å². The molecule has 2 aliphatic rings. The van der Waals surface area contributed by atoms with Crippen molar-refractivity contribution in [2.45, 2.75) is 38.4 Å². The Hall–Kier alpha value is -4.62. The zero-order valence-electron chi connectivity index (χ0n) is 21.0. The predicted octanol–water partition coefficient (Wildman–Crippen LogP) is 3.36. The maximum atomic E-state index is 14.4. The Kier molecular flexibility index (Phi) is 6.85. The number of allylic oxidation sites excluding steroid dienone is 1. The summed E-state index contributed by atoms with van der Waals surface area (Å²) in [5.41, 5.74) is 0.742. The molecule has 208 valence electrons. The van der Waals surface area contributed by atoms with Crippen molar-refractivity contribution in [3.05, 3.63) is 75.5 Å². The van der Waals surface area contributed by atoms with Crippen LogP contribution in [-0.4, -0.2) is 62.5 Å². The van der Waals surface area contributed by atoms with Crippen molar-refractivity contribution >= 4 is 29.1 Å². The van der Waals surface area contributed by atoms with Gasteiger partial charge in [-0.3, -0.25) is 14.6 Å². The Morgan fingerprint density at radius 3 is 2.67 bits per heavy atom. The number of carboxylic acid groups (broad SMARTS) is 1. The molecule has 3 aromatic rings. The fraction of sp³-hybridized carbons (Fsp3) is 0.308. The maximum absolute atomic E-state index is 14.4. The molecule has 3 N–H and O–H groups in total. The molecule has 14 heteroatoms. The molecule has 10 nitrogen and oxygen atoms in total. The summed E-state index contributed by atoms with van der Waals surface area (Å²) in [7, 11) is 0. The first kappa shape index (κ1) is 27.0. The number of benzene rings is 1. The van der Waals surface area contributed by atoms with E-state index < -0.39 is 41.5 Å². The third-order valence-electron chi connectivity index (χ3n) is 6.95. The second-order valence-electron chi connectivity index (χ2n) is 9.43. The monoisotopic (exact) mass is 558 g/mol. The first-order valence-electron chi connectivity index (χ1n) is 12.2. The van der Waals surface area contributed by atoms with E-state index in [0.29, 0.717) is 24.0 Å². The smallest absolute Gasteiger partial charge is 0.432 e. The molecule has 0 radical (unpaired) electrons. The number of carboxylic acids is 1. The van der Waals surface area contributed by atoms with E-state index in [1.165, 1.54) is 6.07 Å². The molecule has 40 heavy (non-hydrogen) atoms. The SMILES string of the molecule is Cc1c(C(=O)O)ccc2c1CC[C@@H]2NC(=O)c1cc(C(=O)NCC2=CC(C(F)(F)F)=NCC2)nc2c(F)cnn12. The van der Waals surface area contributed by atoms with Gasteiger partial charge in [-0.2, -0.15) is 18.3 Å². The quantitative estimate of drug-likeness (QED) is 0.397. The van der Waals surface area contributed by atoms with Gasteiger partial charge in [-0.05, 0) is 60.6 Å². The average molecular weight is 558 g/mol. The highest BCUT2D eigenvalue weighted by atomic mass is 19.4. The fourth-order valence-electron chi connectivity index (χ4n) is 4.93. The summed E-state index contributed by atoms with van der Waals surface area (Å²) in [6.07, 6.45) is -1.64. The number of aromatic carboxylic acids is 1. The maximum Gasteiger partial charge on any atom is 0.432 e. The highest BCUT2D eigenvalue weighted by Gasteiger charge is 2.35. The van der Waals surface area contributed by atoms with Crippen molar-refractivity contribution in [1.82, 2.24) is 25.2 Å². The molecule has 1 aromatic carbocycles. The minimum atomic E-state index is -4.61. The number of aliphatic imine (C=N–C) groups is 1. The number of carbonyl (C=O) groups is 3. The summed E-state index contributed by atoms with van der Waals surface area (Å²) in [6.45, 7) is 1.41. The van der Waals surface area contributed by atoms with Crippen LogP contribution < -0.4 is 10.6 Å². The lowest BCUT2D eigenvalue weighted by Gasteiger charge is -2.17. The highest BCUT2D eigenvalue weighted by molar-refractivity contribution is 6.01. The zero-order chi connectivity index (χ0) is 28.8. The van der Waals surface area contributed by atoms with Crippen molar-refractivity contribution in [3.63, 3.8) is 0 Å². The number of nitrogens with one attached hydrogen (secondary N) is 2. The molecule has 0 bridgehead atoms. The molecule has 0 unspecified atom stereocenters. The normalized spacial score (nSPS) is 16.8. The third-order valence-corrected chi connectivity index (χ3v) is 6.95. The molecule has 2 amide bonds. The summed E-state index contributed by atoms with van der Waals surface area (Å²) >= 11 is 0. The van der Waals surface area contributed by atoms with Crippen LogP contribution >= 0.6 is 0 Å². The Bertz CT molecular complexity index is 1630. The topological polar surface area (TPSA) is 138 Å². The van der Waals surface area contributed by atoms with E-state index in [1.807, 2.05) is 0 Å². The van der Waals surface area contributed by atoms with E-state index in [9.17, 15) is 37.1 Å². The number of fused-ring (bicyclic) bond motifs is 2. The van der Waals surface area contributed by atoms with Crippen LogP contribution in [0.4, 0.5) is 17.6 Å². The molecule has 1 atom stereocenters. The number of alkyl halides is 3. The van der Waals surface area contributed by atoms with Crippen LogP contribution in [0.15, 0.2) is 41.0 Å². The predicted molar refractivity (Wildman–Crippen MR) is 133 cm³/mol. The summed E-state index contributed by atoms with van der Waals surface area (Å²) in [5, 5.41) is 18.5. The van der Waals surface area contributed by atoms with Gasteiger partial charge in [-0.25, -0.2) is 18.7 Å². The van der Waals surface area contributed by atoms with Gasteiger partial charge in [0.2, 0.25) is 0 Å². The minimum Gasteiger partial charge on any atom is -0.478 e. The second kappa shape index (κ2) is 10.2. The van der Waals surface area contributed by atoms with Crippen LogP contribution in [0.3, 0.4) is 0 Å². The van der Waals surface area contributed by atoms with Crippen LogP contribution in [0.5, 0.6) is 0 Å². The van der Waals surface area contributed by atoms with Gasteiger partial charge in [0, 0.05) is 19.2 Å². The summed E-state index contributed by atoms with van der Waals surface area (Å²) in [4.78, 5) is 45.1. The number of nitrogens with zero attached hydrogens (tertiary/aromatic N) is 4. The lowest BCUT2D eigenvalue weighted by molar-refractivity contribution is -0.0580. The number of dihydropyridines is 1. The molecular formula is C26H22F4N6O4. The Balaban J connectivity index is 1.38. The number of aromatic nitrogens is 3. The van der Waals surface area contributed by atoms with E-state index in [-0.39, 0.29) is 42.1 Å². The highest BCUT2D eigenvalue weighted by Crippen LogP contribution is 2.35. The minimum absolute atomic E-state index is 0.0758. The van der Waals surface area contributed by atoms with Crippen LogP contribution in [0, 0.1) is 12.7 Å². The summed E-state index contributed by atoms with van der Waals surface area (Å²) in [6, 6.07) is 3.78. The Morgan fingerprint density at radius 1 is 1.18 bits per heavy atom. The Labute approximate surface area is 223 Å². The van der Waals surface area contributed by atoms with Crippen molar-refractivity contribution in [2.24, 2.45) is 4.99 Å². The van der Waals surface area contributed by atoms with Crippen molar-refractivity contribution in [3.8, 4) is 0 Å². The average Bonchev–Trinajstić information content (AvgIpc) is 3.50. The molecule has 0 saturated carbocycles. The van der Waals surface area contributed by atoms with E-state index in [4.69, 9.17) is 0 Å². The van der Waals surface area contributed by atoms with Crippen LogP contribution in [0.1, 0.15) is 66.9 Å². The molecule has 0 spiro atoms. The van der Waals surface area contributed by atoms with Gasteiger partial charge in [-0.15, -0.1) is 0 Å². The van der Waals surface area contributed by atoms with E-state index >= 15 is 0 Å². The van der Waals surface area contributed by atoms with E-state index in [1.54, 1.807) is 13.0 Å². The molecule has 5 rings (SSSR count). The van der Waals surface area contributed by atoms with Gasteiger partial charge in [0.05, 0.1) is 17.8 Å². The van der Waals surface area contributed by atoms with Crippen molar-refractivity contribution in [1.29, 1.82) is 0 Å². The molecule has 3 heterocycles. The van der Waals surface area contributed by atoms with Gasteiger partial charge in [0.25, 0.3) is 11.8 Å². The summed E-state index contributed by atoms with van der Waals surface area (Å²) in [5.74, 6) is -3.43. The number of hydrogen-bond acceptors (Lipinski definition) is 6. The van der Waals surface area contributed by atoms with Crippen molar-refractivity contribution < 1.29 is 37.1 Å². The van der Waals surface area contributed by atoms with Crippen LogP contribution in [-0.2, 0) is 6.42 Å². The first-order chi connectivity index (χ1) is 18.9. The van der Waals surface area contributed by atoms with Gasteiger partial charge < -0.3 is 15.7 Å². The number of rotatable bonds is 6. The van der Waals surface area contributed by atoms with Crippen LogP contribution in [0.25, 0.3) is 5.65 Å². The second-order valence-corrected chi connectivity index (χ2v) is 9.43. The number of carbonyl (C=O) groups excluding carboxylic acids is 2. The standard InChI is InChI=1S/C26H22F4N6O4/c1-12-14-4-5-18(16(14)3-2-15(12)25(39)40)35-24(38)20-9-19(34-22-17(27)11-33-36(20)22)23(37)32-10-13-6-7-31-21(8-13)26(28,29)30/h2-3,8-9,11,18H,4-7,10H2,1H3,(H,32,37)(H,35,38)(H,39,40)/t18-/m0/s1. The van der Waals surface area contributed by atoms with Crippen molar-refractivity contribution in [2.75, 3.05) is 13.1 Å². The van der Waals surface area contributed by atoms with E-state index in [0.717, 1.165) is 34.0 Å². The molecule has 2 aromatic heterocycles. The van der Waals surface area contributed by atoms with Crippen LogP contribution in [0.2, 0.25) is 0 Å². The zero-order valence-corrected chi connectivity index (χ0v) is 21.0.